The van der Waals surface area contributed by atoms with Crippen molar-refractivity contribution >= 4 is 17.0 Å². The summed E-state index contributed by atoms with van der Waals surface area (Å²) >= 11 is 0. The summed E-state index contributed by atoms with van der Waals surface area (Å²) in [6.07, 6.45) is 2.38. The van der Waals surface area contributed by atoms with E-state index in [1.807, 2.05) is 45.2 Å². The van der Waals surface area contributed by atoms with Gasteiger partial charge in [-0.3, -0.25) is 0 Å². The first-order valence-electron chi connectivity index (χ1n) is 8.55. The molecule has 0 bridgehead atoms. The summed E-state index contributed by atoms with van der Waals surface area (Å²) < 4.78 is 5.26. The highest BCUT2D eigenvalue weighted by atomic mass is 16.6. The Morgan fingerprint density at radius 3 is 2.56 bits per heavy atom. The zero-order valence-corrected chi connectivity index (χ0v) is 14.9. The molecule has 2 aromatic carbocycles. The maximum atomic E-state index is 11.7. The highest BCUT2D eigenvalue weighted by Crippen LogP contribution is 2.26. The molecule has 0 aliphatic carbocycles. The minimum absolute atomic E-state index is 0.377. The molecule has 1 aromatic heterocycles. The van der Waals surface area contributed by atoms with Crippen LogP contribution in [0.1, 0.15) is 26.3 Å². The first kappa shape index (κ1) is 17.1. The number of benzene rings is 2. The van der Waals surface area contributed by atoms with Gasteiger partial charge >= 0.3 is 6.09 Å². The van der Waals surface area contributed by atoms with Gasteiger partial charge in [-0.05, 0) is 56.0 Å². The average molecular weight is 336 g/mol. The number of hydrogen-bond donors (Lipinski definition) is 2. The third-order valence-corrected chi connectivity index (χ3v) is 3.94. The third-order valence-electron chi connectivity index (χ3n) is 3.94. The summed E-state index contributed by atoms with van der Waals surface area (Å²) in [6.45, 7) is 6.11. The van der Waals surface area contributed by atoms with E-state index >= 15 is 0 Å². The Bertz CT molecular complexity index is 860. The van der Waals surface area contributed by atoms with E-state index in [4.69, 9.17) is 4.74 Å². The van der Waals surface area contributed by atoms with Crippen LogP contribution in [-0.2, 0) is 11.2 Å². The molecule has 0 saturated carbocycles. The number of fused-ring (bicyclic) bond motifs is 1. The predicted molar refractivity (Wildman–Crippen MR) is 102 cm³/mol. The lowest BCUT2D eigenvalue weighted by Gasteiger charge is -2.19. The van der Waals surface area contributed by atoms with Crippen LogP contribution in [0.2, 0.25) is 0 Å². The van der Waals surface area contributed by atoms with Crippen molar-refractivity contribution in [3.05, 3.63) is 60.3 Å². The Balaban J connectivity index is 1.71. The van der Waals surface area contributed by atoms with Crippen LogP contribution in [0.5, 0.6) is 0 Å². The standard InChI is InChI=1S/C21H24N2O2/c1-21(2,3)25-20(24)22-12-11-17-14-23-19-10-9-16(13-18(17)19)15-7-5-4-6-8-15/h4-10,13-14,23H,11-12H2,1-3H3,(H,22,24). The molecular formula is C21H24N2O2. The molecule has 0 aliphatic heterocycles. The zero-order chi connectivity index (χ0) is 17.9. The van der Waals surface area contributed by atoms with Gasteiger partial charge in [0, 0.05) is 23.6 Å². The van der Waals surface area contributed by atoms with E-state index < -0.39 is 5.60 Å². The molecule has 0 unspecified atom stereocenters. The summed E-state index contributed by atoms with van der Waals surface area (Å²) in [7, 11) is 0. The lowest BCUT2D eigenvalue weighted by molar-refractivity contribution is 0.0528. The Hall–Kier alpha value is -2.75. The Morgan fingerprint density at radius 1 is 1.08 bits per heavy atom. The van der Waals surface area contributed by atoms with Gasteiger partial charge in [-0.1, -0.05) is 36.4 Å². The molecule has 4 nitrogen and oxygen atoms in total. The first-order chi connectivity index (χ1) is 11.9. The Labute approximate surface area is 148 Å². The molecule has 1 amide bonds. The monoisotopic (exact) mass is 336 g/mol. The van der Waals surface area contributed by atoms with Crippen molar-refractivity contribution in [3.8, 4) is 11.1 Å². The van der Waals surface area contributed by atoms with Gasteiger partial charge in [-0.25, -0.2) is 4.79 Å². The number of nitrogens with one attached hydrogen (secondary N) is 2. The quantitative estimate of drug-likeness (QED) is 0.712. The van der Waals surface area contributed by atoms with Gasteiger partial charge in [0.05, 0.1) is 0 Å². The second-order valence-corrected chi connectivity index (χ2v) is 7.12. The maximum Gasteiger partial charge on any atom is 0.407 e. The average Bonchev–Trinajstić information content (AvgIpc) is 2.96. The molecule has 25 heavy (non-hydrogen) atoms. The van der Waals surface area contributed by atoms with Crippen molar-refractivity contribution in [2.75, 3.05) is 6.54 Å². The van der Waals surface area contributed by atoms with Crippen LogP contribution in [0.3, 0.4) is 0 Å². The summed E-state index contributed by atoms with van der Waals surface area (Å²) in [5, 5.41) is 4.00. The summed E-state index contributed by atoms with van der Waals surface area (Å²) in [5.41, 5.74) is 4.20. The summed E-state index contributed by atoms with van der Waals surface area (Å²) in [4.78, 5) is 15.0. The number of carbonyl (C=O) groups is 1. The lowest BCUT2D eigenvalue weighted by Crippen LogP contribution is -2.33. The molecule has 0 spiro atoms. The van der Waals surface area contributed by atoms with Crippen LogP contribution in [-0.4, -0.2) is 23.2 Å². The molecule has 4 heteroatoms. The topological polar surface area (TPSA) is 54.1 Å². The number of H-pyrrole nitrogens is 1. The Kier molecular flexibility index (Phi) is 4.79. The highest BCUT2D eigenvalue weighted by Gasteiger charge is 2.15. The lowest BCUT2D eigenvalue weighted by atomic mass is 10.0. The number of alkyl carbamates (subject to hydrolysis) is 1. The number of amides is 1. The number of rotatable bonds is 4. The van der Waals surface area contributed by atoms with E-state index in [1.54, 1.807) is 0 Å². The van der Waals surface area contributed by atoms with Gasteiger partial charge in [0.25, 0.3) is 0 Å². The Morgan fingerprint density at radius 2 is 1.84 bits per heavy atom. The number of hydrogen-bond acceptors (Lipinski definition) is 2. The van der Waals surface area contributed by atoms with Crippen LogP contribution in [0.15, 0.2) is 54.7 Å². The van der Waals surface area contributed by atoms with E-state index in [1.165, 1.54) is 22.1 Å². The molecule has 2 N–H and O–H groups in total. The van der Waals surface area contributed by atoms with Crippen LogP contribution < -0.4 is 5.32 Å². The number of aromatic nitrogens is 1. The van der Waals surface area contributed by atoms with Gasteiger partial charge in [-0.15, -0.1) is 0 Å². The van der Waals surface area contributed by atoms with Gasteiger partial charge < -0.3 is 15.0 Å². The third kappa shape index (κ3) is 4.41. The van der Waals surface area contributed by atoms with E-state index in [-0.39, 0.29) is 6.09 Å². The molecule has 0 aliphatic rings. The highest BCUT2D eigenvalue weighted by molar-refractivity contribution is 5.88. The fraction of sp³-hybridized carbons (Fsp3) is 0.286. The minimum Gasteiger partial charge on any atom is -0.444 e. The molecule has 3 rings (SSSR count). The number of aromatic amines is 1. The molecule has 130 valence electrons. The largest absolute Gasteiger partial charge is 0.444 e. The molecule has 0 fully saturated rings. The van der Waals surface area contributed by atoms with Crippen LogP contribution >= 0.6 is 0 Å². The van der Waals surface area contributed by atoms with E-state index in [9.17, 15) is 4.79 Å². The van der Waals surface area contributed by atoms with E-state index in [2.05, 4.69) is 40.6 Å². The molecule has 1 heterocycles. The van der Waals surface area contributed by atoms with Crippen molar-refractivity contribution in [1.82, 2.24) is 10.3 Å². The molecule has 3 aromatic rings. The molecule has 0 saturated heterocycles. The first-order valence-corrected chi connectivity index (χ1v) is 8.55. The van der Waals surface area contributed by atoms with Crippen LogP contribution in [0, 0.1) is 0 Å². The second-order valence-electron chi connectivity index (χ2n) is 7.12. The molecule has 0 atom stereocenters. The van der Waals surface area contributed by atoms with Crippen molar-refractivity contribution in [1.29, 1.82) is 0 Å². The maximum absolute atomic E-state index is 11.7. The SMILES string of the molecule is CC(C)(C)OC(=O)NCCc1c[nH]c2ccc(-c3ccccc3)cc12. The van der Waals surface area contributed by atoms with E-state index in [0.717, 1.165) is 11.9 Å². The van der Waals surface area contributed by atoms with Crippen LogP contribution in [0.25, 0.3) is 22.0 Å². The molecule has 0 radical (unpaired) electrons. The second kappa shape index (κ2) is 7.01. The predicted octanol–water partition coefficient (Wildman–Crippen LogP) is 4.90. The van der Waals surface area contributed by atoms with E-state index in [0.29, 0.717) is 6.54 Å². The minimum atomic E-state index is -0.477. The smallest absolute Gasteiger partial charge is 0.407 e. The van der Waals surface area contributed by atoms with Crippen LogP contribution in [0.4, 0.5) is 4.79 Å². The summed E-state index contributed by atoms with van der Waals surface area (Å²) in [6, 6.07) is 16.7. The number of carbonyl (C=O) groups excluding carboxylic acids is 1. The van der Waals surface area contributed by atoms with Gasteiger partial charge in [0.15, 0.2) is 0 Å². The van der Waals surface area contributed by atoms with Crippen molar-refractivity contribution in [2.45, 2.75) is 32.8 Å². The fourth-order valence-corrected chi connectivity index (χ4v) is 2.81. The van der Waals surface area contributed by atoms with Crippen molar-refractivity contribution in [3.63, 3.8) is 0 Å². The normalized spacial score (nSPS) is 11.5. The van der Waals surface area contributed by atoms with Crippen molar-refractivity contribution in [2.24, 2.45) is 0 Å². The van der Waals surface area contributed by atoms with Gasteiger partial charge in [-0.2, -0.15) is 0 Å². The zero-order valence-electron chi connectivity index (χ0n) is 14.9. The fourth-order valence-electron chi connectivity index (χ4n) is 2.81. The summed E-state index contributed by atoms with van der Waals surface area (Å²) in [5.74, 6) is 0. The van der Waals surface area contributed by atoms with Gasteiger partial charge in [0.2, 0.25) is 0 Å². The van der Waals surface area contributed by atoms with Crippen molar-refractivity contribution < 1.29 is 9.53 Å². The van der Waals surface area contributed by atoms with Gasteiger partial charge in [0.1, 0.15) is 5.60 Å². The molecular weight excluding hydrogens is 312 g/mol. The number of ether oxygens (including phenoxy) is 1.